The zero-order valence-corrected chi connectivity index (χ0v) is 13.2. The van der Waals surface area contributed by atoms with Crippen molar-refractivity contribution < 1.29 is 19.1 Å². The molecule has 0 aliphatic heterocycles. The third-order valence-corrected chi connectivity index (χ3v) is 2.83. The molecule has 0 aromatic heterocycles. The van der Waals surface area contributed by atoms with E-state index >= 15 is 0 Å². The second-order valence-electron chi connectivity index (χ2n) is 5.89. The van der Waals surface area contributed by atoms with Gasteiger partial charge in [0.1, 0.15) is 0 Å². The summed E-state index contributed by atoms with van der Waals surface area (Å²) in [5.74, 6) is 0.0567. The van der Waals surface area contributed by atoms with Gasteiger partial charge in [-0.3, -0.25) is 0 Å². The zero-order valence-electron chi connectivity index (χ0n) is 13.2. The lowest BCUT2D eigenvalue weighted by atomic mass is 10.1. The molecule has 4 heteroatoms. The van der Waals surface area contributed by atoms with Crippen LogP contribution in [0.3, 0.4) is 0 Å². The predicted octanol–water partition coefficient (Wildman–Crippen LogP) is 3.70. The number of rotatable bonds is 7. The summed E-state index contributed by atoms with van der Waals surface area (Å²) in [6, 6.07) is 6.34. The first kappa shape index (κ1) is 17.2. The first-order valence-corrected chi connectivity index (χ1v) is 7.34. The molecule has 0 N–H and O–H groups in total. The molecule has 0 atom stereocenters. The molecule has 4 nitrogen and oxygen atoms in total. The summed E-state index contributed by atoms with van der Waals surface area (Å²) in [4.78, 5) is 23.5. The Morgan fingerprint density at radius 3 is 1.76 bits per heavy atom. The van der Waals surface area contributed by atoms with E-state index in [9.17, 15) is 9.59 Å². The zero-order chi connectivity index (χ0) is 15.8. The molecule has 116 valence electrons. The molecule has 21 heavy (non-hydrogen) atoms. The molecular formula is C17H24O4. The maximum Gasteiger partial charge on any atom is 0.338 e. The van der Waals surface area contributed by atoms with E-state index in [1.807, 2.05) is 13.8 Å². The third kappa shape index (κ3) is 6.43. The molecule has 0 heterocycles. The summed E-state index contributed by atoms with van der Waals surface area (Å²) < 4.78 is 10.3. The normalized spacial score (nSPS) is 10.8. The third-order valence-electron chi connectivity index (χ3n) is 2.83. The minimum Gasteiger partial charge on any atom is -0.462 e. The van der Waals surface area contributed by atoms with E-state index < -0.39 is 0 Å². The molecular weight excluding hydrogens is 268 g/mol. The molecule has 1 rings (SSSR count). The maximum atomic E-state index is 11.8. The molecule has 1 aromatic carbocycles. The van der Waals surface area contributed by atoms with Crippen LogP contribution in [0.2, 0.25) is 0 Å². The van der Waals surface area contributed by atoms with Crippen LogP contribution in [0.15, 0.2) is 24.3 Å². The van der Waals surface area contributed by atoms with Gasteiger partial charge in [0.05, 0.1) is 24.3 Å². The summed E-state index contributed by atoms with van der Waals surface area (Å²) in [6.45, 7) is 8.90. The number of carbonyl (C=O) groups is 2. The van der Waals surface area contributed by atoms with Gasteiger partial charge in [-0.25, -0.2) is 9.59 Å². The average molecular weight is 292 g/mol. The topological polar surface area (TPSA) is 52.6 Å². The molecule has 0 unspecified atom stereocenters. The molecule has 0 aliphatic carbocycles. The monoisotopic (exact) mass is 292 g/mol. The van der Waals surface area contributed by atoms with Crippen LogP contribution in [0, 0.1) is 11.8 Å². The first-order valence-electron chi connectivity index (χ1n) is 7.34. The molecule has 0 saturated carbocycles. The minimum atomic E-state index is -0.372. The first-order chi connectivity index (χ1) is 9.90. The Balaban J connectivity index is 2.53. The number of ether oxygens (including phenoxy) is 2. The van der Waals surface area contributed by atoms with Crippen LogP contribution in [0.1, 0.15) is 54.8 Å². The quantitative estimate of drug-likeness (QED) is 0.719. The van der Waals surface area contributed by atoms with Crippen molar-refractivity contribution >= 4 is 11.9 Å². The molecule has 0 aliphatic rings. The predicted molar refractivity (Wildman–Crippen MR) is 81.3 cm³/mol. The van der Waals surface area contributed by atoms with E-state index in [0.717, 1.165) is 6.42 Å². The maximum absolute atomic E-state index is 11.8. The van der Waals surface area contributed by atoms with E-state index in [0.29, 0.717) is 36.2 Å². The van der Waals surface area contributed by atoms with Crippen LogP contribution in [-0.4, -0.2) is 25.2 Å². The van der Waals surface area contributed by atoms with Crippen LogP contribution < -0.4 is 0 Å². The Bertz CT molecular complexity index is 460. The highest BCUT2D eigenvalue weighted by Crippen LogP contribution is 2.09. The Morgan fingerprint density at radius 2 is 1.33 bits per heavy atom. The van der Waals surface area contributed by atoms with E-state index in [-0.39, 0.29) is 11.9 Å². The molecule has 0 bridgehead atoms. The highest BCUT2D eigenvalue weighted by atomic mass is 16.5. The molecule has 0 spiro atoms. The van der Waals surface area contributed by atoms with Crippen molar-refractivity contribution in [3.63, 3.8) is 0 Å². The van der Waals surface area contributed by atoms with E-state index in [1.54, 1.807) is 24.3 Å². The average Bonchev–Trinajstić information content (AvgIpc) is 2.44. The van der Waals surface area contributed by atoms with Gasteiger partial charge >= 0.3 is 11.9 Å². The Kier molecular flexibility index (Phi) is 6.92. The van der Waals surface area contributed by atoms with Crippen molar-refractivity contribution in [3.8, 4) is 0 Å². The molecule has 0 fully saturated rings. The second-order valence-corrected chi connectivity index (χ2v) is 5.89. The summed E-state index contributed by atoms with van der Waals surface area (Å²) in [6.07, 6.45) is 0.839. The SMILES string of the molecule is CC(C)CCOC(=O)c1ccc(C(=O)OCC(C)C)cc1. The number of carbonyl (C=O) groups excluding carboxylic acids is 2. The van der Waals surface area contributed by atoms with Crippen LogP contribution in [0.4, 0.5) is 0 Å². The van der Waals surface area contributed by atoms with Gasteiger partial charge in [0, 0.05) is 0 Å². The van der Waals surface area contributed by atoms with Crippen LogP contribution in [0.25, 0.3) is 0 Å². The number of hydrogen-bond donors (Lipinski definition) is 0. The summed E-state index contributed by atoms with van der Waals surface area (Å²) >= 11 is 0. The Labute approximate surface area is 126 Å². The van der Waals surface area contributed by atoms with Gasteiger partial charge in [0.25, 0.3) is 0 Å². The van der Waals surface area contributed by atoms with Crippen molar-refractivity contribution in [2.45, 2.75) is 34.1 Å². The van der Waals surface area contributed by atoms with Gasteiger partial charge < -0.3 is 9.47 Å². The largest absolute Gasteiger partial charge is 0.462 e. The van der Waals surface area contributed by atoms with Gasteiger partial charge in [0.15, 0.2) is 0 Å². The van der Waals surface area contributed by atoms with Crippen molar-refractivity contribution in [1.82, 2.24) is 0 Å². The van der Waals surface area contributed by atoms with Crippen molar-refractivity contribution in [2.75, 3.05) is 13.2 Å². The fourth-order valence-electron chi connectivity index (χ4n) is 1.54. The fraction of sp³-hybridized carbons (Fsp3) is 0.529. The lowest BCUT2D eigenvalue weighted by Crippen LogP contribution is -2.11. The van der Waals surface area contributed by atoms with Crippen LogP contribution in [0.5, 0.6) is 0 Å². The van der Waals surface area contributed by atoms with Crippen LogP contribution >= 0.6 is 0 Å². The van der Waals surface area contributed by atoms with Gasteiger partial charge in [-0.15, -0.1) is 0 Å². The van der Waals surface area contributed by atoms with E-state index in [2.05, 4.69) is 13.8 Å². The molecule has 0 amide bonds. The van der Waals surface area contributed by atoms with Gasteiger partial charge in [0.2, 0.25) is 0 Å². The fourth-order valence-corrected chi connectivity index (χ4v) is 1.54. The Morgan fingerprint density at radius 1 is 0.857 bits per heavy atom. The van der Waals surface area contributed by atoms with Gasteiger partial charge in [-0.1, -0.05) is 27.7 Å². The van der Waals surface area contributed by atoms with Gasteiger partial charge in [-0.2, -0.15) is 0 Å². The summed E-state index contributed by atoms with van der Waals surface area (Å²) in [7, 11) is 0. The lowest BCUT2D eigenvalue weighted by molar-refractivity contribution is 0.0453. The number of benzene rings is 1. The van der Waals surface area contributed by atoms with Crippen molar-refractivity contribution in [2.24, 2.45) is 11.8 Å². The van der Waals surface area contributed by atoms with Crippen LogP contribution in [-0.2, 0) is 9.47 Å². The highest BCUT2D eigenvalue weighted by Gasteiger charge is 2.11. The van der Waals surface area contributed by atoms with E-state index in [1.165, 1.54) is 0 Å². The number of hydrogen-bond acceptors (Lipinski definition) is 4. The van der Waals surface area contributed by atoms with Crippen molar-refractivity contribution in [1.29, 1.82) is 0 Å². The molecule has 0 radical (unpaired) electrons. The minimum absolute atomic E-state index is 0.296. The summed E-state index contributed by atoms with van der Waals surface area (Å²) in [5, 5.41) is 0. The standard InChI is InChI=1S/C17H24O4/c1-12(2)9-10-20-16(18)14-5-7-15(8-6-14)17(19)21-11-13(3)4/h5-8,12-13H,9-11H2,1-4H3. The number of esters is 2. The second kappa shape index (κ2) is 8.45. The van der Waals surface area contributed by atoms with Gasteiger partial charge in [-0.05, 0) is 42.5 Å². The molecule has 1 aromatic rings. The Hall–Kier alpha value is -1.84. The summed E-state index contributed by atoms with van der Waals surface area (Å²) in [5.41, 5.74) is 0.883. The highest BCUT2D eigenvalue weighted by molar-refractivity contribution is 5.93. The smallest absolute Gasteiger partial charge is 0.338 e. The van der Waals surface area contributed by atoms with E-state index in [4.69, 9.17) is 9.47 Å². The lowest BCUT2D eigenvalue weighted by Gasteiger charge is -2.08. The van der Waals surface area contributed by atoms with Crippen molar-refractivity contribution in [3.05, 3.63) is 35.4 Å². The molecule has 0 saturated heterocycles.